The summed E-state index contributed by atoms with van der Waals surface area (Å²) in [5, 5.41) is 3.38. The fourth-order valence-corrected chi connectivity index (χ4v) is 2.76. The van der Waals surface area contributed by atoms with Crippen LogP contribution in [0.2, 0.25) is 0 Å². The van der Waals surface area contributed by atoms with Gasteiger partial charge in [0, 0.05) is 32.4 Å². The zero-order valence-corrected chi connectivity index (χ0v) is 10.6. The van der Waals surface area contributed by atoms with E-state index < -0.39 is 0 Å². The lowest BCUT2D eigenvalue weighted by molar-refractivity contribution is 0.418. The highest BCUT2D eigenvalue weighted by Gasteiger charge is 2.21. The minimum absolute atomic E-state index is 0.790. The van der Waals surface area contributed by atoms with Gasteiger partial charge in [-0.05, 0) is 36.8 Å². The fraction of sp³-hybridized carbons (Fsp3) is 0.643. The Balaban J connectivity index is 1.80. The molecule has 0 radical (unpaired) electrons. The third kappa shape index (κ3) is 2.16. The molecule has 1 saturated carbocycles. The second-order valence-corrected chi connectivity index (χ2v) is 5.27. The van der Waals surface area contributed by atoms with Crippen molar-refractivity contribution in [1.29, 1.82) is 0 Å². The monoisotopic (exact) mass is 231 g/mol. The lowest BCUT2D eigenvalue weighted by atomic mass is 9.80. The largest absolute Gasteiger partial charge is 0.354 e. The van der Waals surface area contributed by atoms with E-state index in [-0.39, 0.29) is 0 Å². The molecule has 0 amide bonds. The van der Waals surface area contributed by atoms with Crippen LogP contribution in [-0.4, -0.2) is 31.2 Å². The van der Waals surface area contributed by atoms with Crippen molar-refractivity contribution in [3.63, 3.8) is 0 Å². The van der Waals surface area contributed by atoms with Gasteiger partial charge in [0.15, 0.2) is 0 Å². The molecular formula is C14H21N3. The molecule has 2 aliphatic rings. The SMILES string of the molecule is Cc1cc(C2CCC2)cnc1N1CCNCC1. The van der Waals surface area contributed by atoms with Gasteiger partial charge in [0.2, 0.25) is 0 Å². The molecule has 92 valence electrons. The lowest BCUT2D eigenvalue weighted by Gasteiger charge is -2.31. The van der Waals surface area contributed by atoms with Gasteiger partial charge in [0.1, 0.15) is 5.82 Å². The van der Waals surface area contributed by atoms with Crippen molar-refractivity contribution in [3.05, 3.63) is 23.4 Å². The standard InChI is InChI=1S/C14H21N3/c1-11-9-13(12-3-2-4-12)10-16-14(11)17-7-5-15-6-8-17/h9-10,12,15H,2-8H2,1H3. The average molecular weight is 231 g/mol. The highest BCUT2D eigenvalue weighted by molar-refractivity contribution is 5.48. The zero-order chi connectivity index (χ0) is 11.7. The van der Waals surface area contributed by atoms with E-state index in [1.807, 2.05) is 0 Å². The van der Waals surface area contributed by atoms with Gasteiger partial charge in [-0.1, -0.05) is 12.5 Å². The smallest absolute Gasteiger partial charge is 0.131 e. The van der Waals surface area contributed by atoms with Gasteiger partial charge in [-0.25, -0.2) is 4.98 Å². The van der Waals surface area contributed by atoms with Crippen molar-refractivity contribution >= 4 is 5.82 Å². The second kappa shape index (κ2) is 4.65. The van der Waals surface area contributed by atoms with Gasteiger partial charge in [-0.2, -0.15) is 0 Å². The number of rotatable bonds is 2. The number of pyridine rings is 1. The number of nitrogens with one attached hydrogen (secondary N) is 1. The normalized spacial score (nSPS) is 21.4. The Morgan fingerprint density at radius 2 is 2.06 bits per heavy atom. The molecule has 1 saturated heterocycles. The van der Waals surface area contributed by atoms with Gasteiger partial charge in [-0.3, -0.25) is 0 Å². The van der Waals surface area contributed by atoms with Gasteiger partial charge in [-0.15, -0.1) is 0 Å². The van der Waals surface area contributed by atoms with Gasteiger partial charge < -0.3 is 10.2 Å². The Labute approximate surface area is 103 Å². The summed E-state index contributed by atoms with van der Waals surface area (Å²) in [6, 6.07) is 2.36. The molecule has 0 bridgehead atoms. The molecule has 17 heavy (non-hydrogen) atoms. The molecular weight excluding hydrogens is 210 g/mol. The summed E-state index contributed by atoms with van der Waals surface area (Å²) in [7, 11) is 0. The second-order valence-electron chi connectivity index (χ2n) is 5.27. The number of aryl methyl sites for hydroxylation is 1. The number of nitrogens with zero attached hydrogens (tertiary/aromatic N) is 2. The first-order valence-electron chi connectivity index (χ1n) is 6.77. The topological polar surface area (TPSA) is 28.2 Å². The number of hydrogen-bond acceptors (Lipinski definition) is 3. The first-order chi connectivity index (χ1) is 8.34. The van der Waals surface area contributed by atoms with Crippen LogP contribution < -0.4 is 10.2 Å². The van der Waals surface area contributed by atoms with Gasteiger partial charge in [0.05, 0.1) is 0 Å². The zero-order valence-electron chi connectivity index (χ0n) is 10.6. The summed E-state index contributed by atoms with van der Waals surface area (Å²) >= 11 is 0. The summed E-state index contributed by atoms with van der Waals surface area (Å²) < 4.78 is 0. The van der Waals surface area contributed by atoms with Crippen LogP contribution in [-0.2, 0) is 0 Å². The molecule has 3 nitrogen and oxygen atoms in total. The van der Waals surface area contributed by atoms with Crippen LogP contribution in [0.25, 0.3) is 0 Å². The highest BCUT2D eigenvalue weighted by Crippen LogP contribution is 2.37. The summed E-state index contributed by atoms with van der Waals surface area (Å²) in [6.07, 6.45) is 6.21. The Bertz CT molecular complexity index is 392. The van der Waals surface area contributed by atoms with Crippen LogP contribution in [0, 0.1) is 6.92 Å². The molecule has 1 aromatic rings. The highest BCUT2D eigenvalue weighted by atomic mass is 15.2. The Morgan fingerprint density at radius 1 is 1.29 bits per heavy atom. The predicted octanol–water partition coefficient (Wildman–Crippen LogP) is 2.07. The van der Waals surface area contributed by atoms with E-state index in [9.17, 15) is 0 Å². The van der Waals surface area contributed by atoms with Gasteiger partial charge >= 0.3 is 0 Å². The van der Waals surface area contributed by atoms with Crippen molar-refractivity contribution < 1.29 is 0 Å². The maximum atomic E-state index is 4.70. The molecule has 3 rings (SSSR count). The third-order valence-corrected chi connectivity index (χ3v) is 4.06. The van der Waals surface area contributed by atoms with Crippen LogP contribution in [0.1, 0.15) is 36.3 Å². The van der Waals surface area contributed by atoms with E-state index in [2.05, 4.69) is 29.4 Å². The summed E-state index contributed by atoms with van der Waals surface area (Å²) in [5.74, 6) is 1.98. The summed E-state index contributed by atoms with van der Waals surface area (Å²) in [5.41, 5.74) is 2.80. The van der Waals surface area contributed by atoms with E-state index >= 15 is 0 Å². The quantitative estimate of drug-likeness (QED) is 0.844. The van der Waals surface area contributed by atoms with Crippen LogP contribution in [0.3, 0.4) is 0 Å². The summed E-state index contributed by atoms with van der Waals surface area (Å²) in [6.45, 7) is 6.51. The van der Waals surface area contributed by atoms with Crippen molar-refractivity contribution in [2.75, 3.05) is 31.1 Å². The van der Waals surface area contributed by atoms with Crippen LogP contribution in [0.15, 0.2) is 12.3 Å². The minimum Gasteiger partial charge on any atom is -0.354 e. The Kier molecular flexibility index (Phi) is 3.02. The number of piperazine rings is 1. The van der Waals surface area contributed by atoms with E-state index in [0.717, 1.165) is 32.1 Å². The molecule has 0 spiro atoms. The minimum atomic E-state index is 0.790. The lowest BCUT2D eigenvalue weighted by Crippen LogP contribution is -2.44. The van der Waals surface area contributed by atoms with E-state index in [4.69, 9.17) is 4.98 Å². The van der Waals surface area contributed by atoms with E-state index in [0.29, 0.717) is 0 Å². The van der Waals surface area contributed by atoms with Crippen molar-refractivity contribution in [1.82, 2.24) is 10.3 Å². The number of hydrogen-bond donors (Lipinski definition) is 1. The summed E-state index contributed by atoms with van der Waals surface area (Å²) in [4.78, 5) is 7.10. The average Bonchev–Trinajstić information content (AvgIpc) is 2.28. The number of aromatic nitrogens is 1. The van der Waals surface area contributed by atoms with Crippen molar-refractivity contribution in [3.8, 4) is 0 Å². The molecule has 1 aromatic heterocycles. The molecule has 3 heteroatoms. The Hall–Kier alpha value is -1.09. The van der Waals surface area contributed by atoms with Crippen LogP contribution in [0.5, 0.6) is 0 Å². The molecule has 0 atom stereocenters. The molecule has 1 aliphatic carbocycles. The van der Waals surface area contributed by atoms with Gasteiger partial charge in [0.25, 0.3) is 0 Å². The fourth-order valence-electron chi connectivity index (χ4n) is 2.76. The Morgan fingerprint density at radius 3 is 2.65 bits per heavy atom. The molecule has 2 heterocycles. The molecule has 0 aromatic carbocycles. The maximum Gasteiger partial charge on any atom is 0.131 e. The first-order valence-corrected chi connectivity index (χ1v) is 6.77. The van der Waals surface area contributed by atoms with E-state index in [1.165, 1.54) is 36.2 Å². The van der Waals surface area contributed by atoms with E-state index in [1.54, 1.807) is 0 Å². The molecule has 0 unspecified atom stereocenters. The van der Waals surface area contributed by atoms with Crippen molar-refractivity contribution in [2.45, 2.75) is 32.1 Å². The first kappa shape index (κ1) is 11.0. The molecule has 1 aliphatic heterocycles. The van der Waals surface area contributed by atoms with Crippen LogP contribution in [0.4, 0.5) is 5.82 Å². The predicted molar refractivity (Wildman–Crippen MR) is 70.6 cm³/mol. The third-order valence-electron chi connectivity index (χ3n) is 4.06. The van der Waals surface area contributed by atoms with Crippen molar-refractivity contribution in [2.24, 2.45) is 0 Å². The molecule has 1 N–H and O–H groups in total. The van der Waals surface area contributed by atoms with Crippen LogP contribution >= 0.6 is 0 Å². The number of anilines is 1. The molecule has 2 fully saturated rings. The maximum absolute atomic E-state index is 4.70.